The lowest BCUT2D eigenvalue weighted by Crippen LogP contribution is -2.14. The summed E-state index contributed by atoms with van der Waals surface area (Å²) in [6, 6.07) is 1.49. The van der Waals surface area contributed by atoms with Gasteiger partial charge in [0.05, 0.1) is 29.8 Å². The second-order valence-electron chi connectivity index (χ2n) is 4.33. The molecule has 9 heteroatoms. The number of rotatable bonds is 4. The summed E-state index contributed by atoms with van der Waals surface area (Å²) in [5, 5.41) is 21.1. The third-order valence-electron chi connectivity index (χ3n) is 2.92. The van der Waals surface area contributed by atoms with Gasteiger partial charge < -0.3 is 10.4 Å². The number of carbonyl (C=O) groups is 2. The van der Waals surface area contributed by atoms with Crippen LogP contribution >= 0.6 is 11.3 Å². The van der Waals surface area contributed by atoms with Gasteiger partial charge in [0.25, 0.3) is 5.91 Å². The number of thiophene rings is 1. The van der Waals surface area contributed by atoms with Crippen LogP contribution in [0.3, 0.4) is 0 Å². The zero-order chi connectivity index (χ0) is 16.2. The van der Waals surface area contributed by atoms with Crippen molar-refractivity contribution in [2.45, 2.75) is 0 Å². The van der Waals surface area contributed by atoms with E-state index in [1.54, 1.807) is 5.38 Å². The lowest BCUT2D eigenvalue weighted by molar-refractivity contribution is 0.0699. The van der Waals surface area contributed by atoms with E-state index in [-0.39, 0.29) is 16.1 Å². The van der Waals surface area contributed by atoms with Crippen molar-refractivity contribution in [1.82, 2.24) is 20.2 Å². The first-order valence-electron chi connectivity index (χ1n) is 6.36. The molecule has 0 atom stereocenters. The summed E-state index contributed by atoms with van der Waals surface area (Å²) >= 11 is 1.11. The molecular weight excluding hydrogens is 318 g/mol. The highest BCUT2D eigenvalue weighted by molar-refractivity contribution is 7.15. The largest absolute Gasteiger partial charge is 0.478 e. The van der Waals surface area contributed by atoms with E-state index >= 15 is 0 Å². The Labute approximate surface area is 133 Å². The topological polar surface area (TPSA) is 118 Å². The number of carbonyl (C=O) groups excluding carboxylic acids is 1. The van der Waals surface area contributed by atoms with Crippen LogP contribution in [0.15, 0.2) is 42.4 Å². The number of aromatic carboxylic acids is 1. The summed E-state index contributed by atoms with van der Waals surface area (Å²) in [5.41, 5.74) is 1.09. The second kappa shape index (κ2) is 6.28. The molecule has 2 N–H and O–H groups in total. The zero-order valence-corrected chi connectivity index (χ0v) is 12.3. The number of nitrogens with one attached hydrogen (secondary N) is 1. The first-order chi connectivity index (χ1) is 11.2. The average Bonchev–Trinajstić information content (AvgIpc) is 3.00. The molecule has 1 amide bonds. The highest BCUT2D eigenvalue weighted by atomic mass is 32.1. The van der Waals surface area contributed by atoms with Gasteiger partial charge in [0.2, 0.25) is 0 Å². The van der Waals surface area contributed by atoms with Crippen LogP contribution in [0.2, 0.25) is 0 Å². The van der Waals surface area contributed by atoms with Crippen LogP contribution in [0.4, 0.5) is 5.00 Å². The van der Waals surface area contributed by atoms with Crippen molar-refractivity contribution < 1.29 is 14.7 Å². The van der Waals surface area contributed by atoms with Crippen molar-refractivity contribution in [2.75, 3.05) is 5.32 Å². The van der Waals surface area contributed by atoms with Crippen LogP contribution in [0.1, 0.15) is 20.7 Å². The van der Waals surface area contributed by atoms with Gasteiger partial charge in [-0.3, -0.25) is 14.8 Å². The molecule has 3 rings (SSSR count). The molecule has 0 saturated carbocycles. The number of hydrogen-bond acceptors (Lipinski definition) is 7. The molecule has 23 heavy (non-hydrogen) atoms. The fraction of sp³-hybridized carbons (Fsp3) is 0. The zero-order valence-electron chi connectivity index (χ0n) is 11.5. The molecule has 3 aromatic heterocycles. The standard InChI is InChI=1S/C14H9N5O3S/c20-12(8-1-2-17-18-5-8)19-13-11(14(21)22)9(7-23-13)10-6-15-3-4-16-10/h1-7H,(H,19,20)(H,21,22). The van der Waals surface area contributed by atoms with Crippen molar-refractivity contribution in [3.63, 3.8) is 0 Å². The summed E-state index contributed by atoms with van der Waals surface area (Å²) in [7, 11) is 0. The Balaban J connectivity index is 1.96. The molecule has 114 valence electrons. The van der Waals surface area contributed by atoms with Crippen LogP contribution in [0.25, 0.3) is 11.3 Å². The molecule has 3 heterocycles. The van der Waals surface area contributed by atoms with E-state index in [0.29, 0.717) is 11.3 Å². The Morgan fingerprint density at radius 1 is 1.13 bits per heavy atom. The number of amides is 1. The molecule has 0 aliphatic heterocycles. The summed E-state index contributed by atoms with van der Waals surface area (Å²) in [5.74, 6) is -1.62. The quantitative estimate of drug-likeness (QED) is 0.751. The van der Waals surface area contributed by atoms with Gasteiger partial charge in [-0.05, 0) is 6.07 Å². The van der Waals surface area contributed by atoms with Crippen molar-refractivity contribution in [1.29, 1.82) is 0 Å². The monoisotopic (exact) mass is 327 g/mol. The summed E-state index contributed by atoms with van der Waals surface area (Å²) < 4.78 is 0. The van der Waals surface area contributed by atoms with Gasteiger partial charge in [0, 0.05) is 23.3 Å². The lowest BCUT2D eigenvalue weighted by Gasteiger charge is -2.05. The van der Waals surface area contributed by atoms with Crippen molar-refractivity contribution in [3.8, 4) is 11.3 Å². The van der Waals surface area contributed by atoms with E-state index in [9.17, 15) is 14.7 Å². The van der Waals surface area contributed by atoms with Crippen LogP contribution in [-0.4, -0.2) is 37.1 Å². The highest BCUT2D eigenvalue weighted by Crippen LogP contribution is 2.34. The number of nitrogens with zero attached hydrogens (tertiary/aromatic N) is 4. The fourth-order valence-corrected chi connectivity index (χ4v) is 2.83. The second-order valence-corrected chi connectivity index (χ2v) is 5.21. The Kier molecular flexibility index (Phi) is 4.02. The van der Waals surface area contributed by atoms with Gasteiger partial charge in [-0.2, -0.15) is 10.2 Å². The average molecular weight is 327 g/mol. The van der Waals surface area contributed by atoms with E-state index in [1.807, 2.05) is 0 Å². The van der Waals surface area contributed by atoms with Crippen LogP contribution in [0.5, 0.6) is 0 Å². The van der Waals surface area contributed by atoms with Gasteiger partial charge in [-0.15, -0.1) is 11.3 Å². The van der Waals surface area contributed by atoms with Crippen molar-refractivity contribution >= 4 is 28.2 Å². The Bertz CT molecular complexity index is 851. The highest BCUT2D eigenvalue weighted by Gasteiger charge is 2.22. The molecule has 0 aromatic carbocycles. The van der Waals surface area contributed by atoms with Gasteiger partial charge in [-0.25, -0.2) is 4.79 Å². The molecule has 0 radical (unpaired) electrons. The summed E-state index contributed by atoms with van der Waals surface area (Å²) in [6.45, 7) is 0. The van der Waals surface area contributed by atoms with Crippen LogP contribution in [-0.2, 0) is 0 Å². The van der Waals surface area contributed by atoms with E-state index < -0.39 is 11.9 Å². The molecule has 3 aromatic rings. The predicted molar refractivity (Wildman–Crippen MR) is 82.3 cm³/mol. The Morgan fingerprint density at radius 2 is 2.00 bits per heavy atom. The third-order valence-corrected chi connectivity index (χ3v) is 3.81. The minimum atomic E-state index is -1.16. The molecule has 0 spiro atoms. The Morgan fingerprint density at radius 3 is 2.65 bits per heavy atom. The van der Waals surface area contributed by atoms with Gasteiger partial charge >= 0.3 is 5.97 Å². The van der Waals surface area contributed by atoms with Gasteiger partial charge in [0.15, 0.2) is 0 Å². The minimum Gasteiger partial charge on any atom is -0.478 e. The SMILES string of the molecule is O=C(Nc1scc(-c2cnccn2)c1C(=O)O)c1ccnnc1. The lowest BCUT2D eigenvalue weighted by atomic mass is 10.1. The molecule has 0 aliphatic rings. The molecule has 8 nitrogen and oxygen atoms in total. The first kappa shape index (κ1) is 14.7. The van der Waals surface area contributed by atoms with E-state index in [2.05, 4.69) is 25.5 Å². The van der Waals surface area contributed by atoms with Crippen molar-refractivity contribution in [2.24, 2.45) is 0 Å². The smallest absolute Gasteiger partial charge is 0.339 e. The fourth-order valence-electron chi connectivity index (χ4n) is 1.89. The Hall–Kier alpha value is -3.20. The van der Waals surface area contributed by atoms with E-state index in [4.69, 9.17) is 0 Å². The number of hydrogen-bond donors (Lipinski definition) is 2. The maximum atomic E-state index is 12.1. The van der Waals surface area contributed by atoms with E-state index in [1.165, 1.54) is 37.1 Å². The van der Waals surface area contributed by atoms with Gasteiger partial charge in [-0.1, -0.05) is 0 Å². The molecule has 0 unspecified atom stereocenters. The van der Waals surface area contributed by atoms with Gasteiger partial charge in [0.1, 0.15) is 10.6 Å². The summed E-state index contributed by atoms with van der Waals surface area (Å²) in [4.78, 5) is 31.7. The van der Waals surface area contributed by atoms with E-state index in [0.717, 1.165) is 11.3 Å². The molecule has 0 bridgehead atoms. The molecular formula is C14H9N5O3S. The number of carboxylic acids is 1. The number of carboxylic acid groups (broad SMARTS) is 1. The normalized spacial score (nSPS) is 10.3. The summed E-state index contributed by atoms with van der Waals surface area (Å²) in [6.07, 6.45) is 7.11. The maximum Gasteiger partial charge on any atom is 0.339 e. The minimum absolute atomic E-state index is 0.0223. The molecule has 0 aliphatic carbocycles. The van der Waals surface area contributed by atoms with Crippen molar-refractivity contribution in [3.05, 3.63) is 53.6 Å². The maximum absolute atomic E-state index is 12.1. The number of aromatic nitrogens is 4. The number of anilines is 1. The first-order valence-corrected chi connectivity index (χ1v) is 7.24. The molecule has 0 saturated heterocycles. The predicted octanol–water partition coefficient (Wildman–Crippen LogP) is 1.95. The molecule has 0 fully saturated rings. The van der Waals surface area contributed by atoms with Crippen LogP contribution in [0, 0.1) is 0 Å². The third kappa shape index (κ3) is 3.04. The van der Waals surface area contributed by atoms with Crippen LogP contribution < -0.4 is 5.32 Å².